The molecule has 2 atom stereocenters. The molecule has 0 amide bonds. The van der Waals surface area contributed by atoms with Gasteiger partial charge in [0.15, 0.2) is 0 Å². The Labute approximate surface area is 151 Å². The quantitative estimate of drug-likeness (QED) is 0.471. The summed E-state index contributed by atoms with van der Waals surface area (Å²) in [5, 5.41) is 0. The van der Waals surface area contributed by atoms with Gasteiger partial charge in [0.05, 0.1) is 12.3 Å². The highest BCUT2D eigenvalue weighted by Gasteiger charge is 2.23. The fraction of sp³-hybridized carbons (Fsp3) is 1.00. The fourth-order valence-electron chi connectivity index (χ4n) is 3.68. The van der Waals surface area contributed by atoms with E-state index in [9.17, 15) is 0 Å². The Balaban J connectivity index is 2.09. The molecule has 1 saturated heterocycles. The molecule has 0 radical (unpaired) electrons. The molecule has 144 valence electrons. The van der Waals surface area contributed by atoms with E-state index < -0.39 is 0 Å². The number of nitrogens with two attached hydrogens (primary N) is 2. The van der Waals surface area contributed by atoms with Crippen molar-refractivity contribution in [3.63, 3.8) is 0 Å². The molecule has 4 heteroatoms. The zero-order chi connectivity index (χ0) is 17.6. The molecule has 24 heavy (non-hydrogen) atoms. The van der Waals surface area contributed by atoms with Crippen molar-refractivity contribution in [3.8, 4) is 0 Å². The van der Waals surface area contributed by atoms with Crippen LogP contribution in [-0.2, 0) is 0 Å². The standard InChI is InChI=1S/C20H44N4/c1-3-5-7-9-11-13-19(21)23-15-17-24(18-16-23)20(22)14-12-10-8-6-4-2/h19-20H,3-18,21-22H2,1-2H3. The lowest BCUT2D eigenvalue weighted by atomic mass is 10.1. The van der Waals surface area contributed by atoms with Crippen LogP contribution >= 0.6 is 0 Å². The Morgan fingerprint density at radius 1 is 0.583 bits per heavy atom. The molecule has 1 fully saturated rings. The minimum absolute atomic E-state index is 0.249. The first-order valence-electron chi connectivity index (χ1n) is 10.7. The number of rotatable bonds is 14. The van der Waals surface area contributed by atoms with E-state index in [0.29, 0.717) is 0 Å². The lowest BCUT2D eigenvalue weighted by molar-refractivity contribution is 0.0650. The van der Waals surface area contributed by atoms with E-state index in [1.54, 1.807) is 0 Å². The van der Waals surface area contributed by atoms with Crippen LogP contribution in [0.1, 0.15) is 90.9 Å². The molecule has 0 aromatic heterocycles. The van der Waals surface area contributed by atoms with Gasteiger partial charge in [-0.3, -0.25) is 9.80 Å². The minimum Gasteiger partial charge on any atom is -0.316 e. The van der Waals surface area contributed by atoms with Gasteiger partial charge in [-0.1, -0.05) is 78.1 Å². The fourth-order valence-corrected chi connectivity index (χ4v) is 3.68. The topological polar surface area (TPSA) is 58.5 Å². The summed E-state index contributed by atoms with van der Waals surface area (Å²) in [6.45, 7) is 8.86. The van der Waals surface area contributed by atoms with Crippen LogP contribution in [-0.4, -0.2) is 48.3 Å². The molecule has 1 aliphatic rings. The van der Waals surface area contributed by atoms with Crippen molar-refractivity contribution >= 4 is 0 Å². The van der Waals surface area contributed by atoms with Crippen molar-refractivity contribution in [2.24, 2.45) is 11.5 Å². The van der Waals surface area contributed by atoms with E-state index in [1.807, 2.05) is 0 Å². The molecule has 0 saturated carbocycles. The SMILES string of the molecule is CCCCCCCC(N)N1CCN(C(N)CCCCCCC)CC1. The first kappa shape index (κ1) is 21.9. The monoisotopic (exact) mass is 340 g/mol. The molecule has 4 N–H and O–H groups in total. The molecular formula is C20H44N4. The van der Waals surface area contributed by atoms with Gasteiger partial charge in [0, 0.05) is 26.2 Å². The van der Waals surface area contributed by atoms with E-state index >= 15 is 0 Å². The van der Waals surface area contributed by atoms with E-state index in [0.717, 1.165) is 39.0 Å². The van der Waals surface area contributed by atoms with Crippen molar-refractivity contribution < 1.29 is 0 Å². The number of nitrogens with zero attached hydrogens (tertiary/aromatic N) is 2. The Bertz CT molecular complexity index is 249. The molecule has 0 spiro atoms. The van der Waals surface area contributed by atoms with Crippen molar-refractivity contribution in [2.75, 3.05) is 26.2 Å². The molecule has 1 aliphatic heterocycles. The van der Waals surface area contributed by atoms with Gasteiger partial charge in [-0.25, -0.2) is 0 Å². The van der Waals surface area contributed by atoms with Gasteiger partial charge >= 0.3 is 0 Å². The van der Waals surface area contributed by atoms with Gasteiger partial charge in [-0.2, -0.15) is 0 Å². The lowest BCUT2D eigenvalue weighted by Crippen LogP contribution is -2.57. The maximum absolute atomic E-state index is 6.39. The number of unbranched alkanes of at least 4 members (excludes halogenated alkanes) is 8. The average Bonchev–Trinajstić information content (AvgIpc) is 2.61. The van der Waals surface area contributed by atoms with Gasteiger partial charge in [0.2, 0.25) is 0 Å². The summed E-state index contributed by atoms with van der Waals surface area (Å²) in [4.78, 5) is 4.93. The number of piperazine rings is 1. The van der Waals surface area contributed by atoms with Crippen molar-refractivity contribution in [1.29, 1.82) is 0 Å². The Hall–Kier alpha value is -0.160. The molecule has 4 nitrogen and oxygen atoms in total. The van der Waals surface area contributed by atoms with Crippen LogP contribution in [0.2, 0.25) is 0 Å². The summed E-state index contributed by atoms with van der Waals surface area (Å²) in [7, 11) is 0. The lowest BCUT2D eigenvalue weighted by Gasteiger charge is -2.40. The molecule has 0 aromatic carbocycles. The summed E-state index contributed by atoms with van der Waals surface area (Å²) in [5.41, 5.74) is 12.8. The van der Waals surface area contributed by atoms with E-state index in [1.165, 1.54) is 64.2 Å². The largest absolute Gasteiger partial charge is 0.316 e. The molecule has 0 aliphatic carbocycles. The third-order valence-electron chi connectivity index (χ3n) is 5.49. The van der Waals surface area contributed by atoms with Crippen molar-refractivity contribution in [2.45, 2.75) is 103 Å². The summed E-state index contributed by atoms with van der Waals surface area (Å²) in [5.74, 6) is 0. The molecule has 0 bridgehead atoms. The smallest absolute Gasteiger partial charge is 0.0572 e. The predicted molar refractivity (Wildman–Crippen MR) is 106 cm³/mol. The maximum Gasteiger partial charge on any atom is 0.0572 e. The maximum atomic E-state index is 6.39. The van der Waals surface area contributed by atoms with Crippen LogP contribution in [0, 0.1) is 0 Å². The zero-order valence-electron chi connectivity index (χ0n) is 16.5. The third-order valence-corrected chi connectivity index (χ3v) is 5.49. The second-order valence-corrected chi connectivity index (χ2v) is 7.61. The molecular weight excluding hydrogens is 296 g/mol. The van der Waals surface area contributed by atoms with Gasteiger partial charge in [-0.05, 0) is 12.8 Å². The number of hydrogen-bond donors (Lipinski definition) is 2. The van der Waals surface area contributed by atoms with Crippen LogP contribution in [0.4, 0.5) is 0 Å². The van der Waals surface area contributed by atoms with Crippen LogP contribution in [0.3, 0.4) is 0 Å². The minimum atomic E-state index is 0.249. The highest BCUT2D eigenvalue weighted by atomic mass is 15.3. The van der Waals surface area contributed by atoms with Gasteiger partial charge in [0.1, 0.15) is 0 Å². The summed E-state index contributed by atoms with van der Waals surface area (Å²) in [6.07, 6.45) is 16.1. The highest BCUT2D eigenvalue weighted by Crippen LogP contribution is 2.14. The Morgan fingerprint density at radius 3 is 1.25 bits per heavy atom. The first-order valence-corrected chi connectivity index (χ1v) is 10.7. The molecule has 0 aromatic rings. The van der Waals surface area contributed by atoms with Crippen LogP contribution in [0.15, 0.2) is 0 Å². The van der Waals surface area contributed by atoms with Gasteiger partial charge in [0.25, 0.3) is 0 Å². The van der Waals surface area contributed by atoms with Crippen molar-refractivity contribution in [3.05, 3.63) is 0 Å². The van der Waals surface area contributed by atoms with Crippen molar-refractivity contribution in [1.82, 2.24) is 9.80 Å². The molecule has 1 rings (SSSR count). The van der Waals surface area contributed by atoms with Crippen LogP contribution in [0.25, 0.3) is 0 Å². The van der Waals surface area contributed by atoms with E-state index in [-0.39, 0.29) is 12.3 Å². The highest BCUT2D eigenvalue weighted by molar-refractivity contribution is 4.78. The van der Waals surface area contributed by atoms with Gasteiger partial charge in [-0.15, -0.1) is 0 Å². The van der Waals surface area contributed by atoms with E-state index in [2.05, 4.69) is 23.6 Å². The summed E-state index contributed by atoms with van der Waals surface area (Å²) >= 11 is 0. The number of hydrogen-bond acceptors (Lipinski definition) is 4. The predicted octanol–water partition coefficient (Wildman–Crippen LogP) is 3.89. The Kier molecular flexibility index (Phi) is 12.8. The summed E-state index contributed by atoms with van der Waals surface area (Å²) < 4.78 is 0. The average molecular weight is 341 g/mol. The first-order chi connectivity index (χ1) is 11.7. The van der Waals surface area contributed by atoms with Gasteiger partial charge < -0.3 is 11.5 Å². The summed E-state index contributed by atoms with van der Waals surface area (Å²) in [6, 6.07) is 0. The Morgan fingerprint density at radius 2 is 0.917 bits per heavy atom. The second kappa shape index (κ2) is 14.1. The second-order valence-electron chi connectivity index (χ2n) is 7.61. The normalized spacial score (nSPS) is 19.5. The molecule has 2 unspecified atom stereocenters. The third kappa shape index (κ3) is 9.36. The molecule has 1 heterocycles. The van der Waals surface area contributed by atoms with Crippen LogP contribution in [0.5, 0.6) is 0 Å². The van der Waals surface area contributed by atoms with Crippen LogP contribution < -0.4 is 11.5 Å². The zero-order valence-corrected chi connectivity index (χ0v) is 16.5. The van der Waals surface area contributed by atoms with E-state index in [4.69, 9.17) is 11.5 Å².